The zero-order valence-electron chi connectivity index (χ0n) is 15.6. The van der Waals surface area contributed by atoms with Gasteiger partial charge in [0.25, 0.3) is 0 Å². The van der Waals surface area contributed by atoms with Gasteiger partial charge in [-0.1, -0.05) is 27.7 Å². The van der Waals surface area contributed by atoms with Crippen molar-refractivity contribution in [3.8, 4) is 11.3 Å². The smallest absolute Gasteiger partial charge is 0.0917 e. The second-order valence-electron chi connectivity index (χ2n) is 6.88. The molecular formula is C21H27N3. The fourth-order valence-corrected chi connectivity index (χ4v) is 3.35. The number of rotatable bonds is 4. The standard InChI is InChI=1S/C21H27N3/c1-7-15-11-19-20(14(5)12-24(19)6)23-21(15)16-9-10-18(13(3)4)22-17(16)8-2/h9-13H,7-8H2,1-6H3. The number of hydrogen-bond donors (Lipinski definition) is 0. The van der Waals surface area contributed by atoms with Gasteiger partial charge >= 0.3 is 0 Å². The van der Waals surface area contributed by atoms with Crippen molar-refractivity contribution >= 4 is 11.0 Å². The summed E-state index contributed by atoms with van der Waals surface area (Å²) in [4.78, 5) is 9.96. The van der Waals surface area contributed by atoms with Crippen molar-refractivity contribution in [3.63, 3.8) is 0 Å². The summed E-state index contributed by atoms with van der Waals surface area (Å²) in [6, 6.07) is 6.66. The van der Waals surface area contributed by atoms with E-state index >= 15 is 0 Å². The molecule has 0 aliphatic heterocycles. The molecule has 3 rings (SSSR count). The Labute approximate surface area is 144 Å². The van der Waals surface area contributed by atoms with Crippen molar-refractivity contribution < 1.29 is 0 Å². The SMILES string of the molecule is CCc1cc2c(nc1-c1ccc(C(C)C)nc1CC)c(C)cn2C. The van der Waals surface area contributed by atoms with Gasteiger partial charge < -0.3 is 4.57 Å². The normalized spacial score (nSPS) is 11.6. The highest BCUT2D eigenvalue weighted by Crippen LogP contribution is 2.31. The minimum atomic E-state index is 0.446. The van der Waals surface area contributed by atoms with Crippen molar-refractivity contribution in [1.82, 2.24) is 14.5 Å². The molecule has 0 aromatic carbocycles. The van der Waals surface area contributed by atoms with Gasteiger partial charge in [0.1, 0.15) is 0 Å². The molecule has 0 aliphatic rings. The van der Waals surface area contributed by atoms with E-state index in [2.05, 4.69) is 70.6 Å². The van der Waals surface area contributed by atoms with E-state index in [1.807, 2.05) is 0 Å². The molecule has 0 atom stereocenters. The van der Waals surface area contributed by atoms with Crippen LogP contribution in [-0.2, 0) is 19.9 Å². The number of nitrogens with zero attached hydrogens (tertiary/aromatic N) is 3. The Hall–Kier alpha value is -2.16. The van der Waals surface area contributed by atoms with Crippen LogP contribution in [0.15, 0.2) is 24.4 Å². The Morgan fingerprint density at radius 1 is 1.08 bits per heavy atom. The summed E-state index contributed by atoms with van der Waals surface area (Å²) in [5.74, 6) is 0.446. The van der Waals surface area contributed by atoms with E-state index in [0.717, 1.165) is 35.4 Å². The molecule has 0 spiro atoms. The molecule has 3 heterocycles. The Bertz CT molecular complexity index is 888. The van der Waals surface area contributed by atoms with Gasteiger partial charge in [-0.2, -0.15) is 0 Å². The van der Waals surface area contributed by atoms with E-state index < -0.39 is 0 Å². The van der Waals surface area contributed by atoms with Gasteiger partial charge in [0.15, 0.2) is 0 Å². The molecule has 0 aliphatic carbocycles. The Kier molecular flexibility index (Phi) is 4.44. The largest absolute Gasteiger partial charge is 0.349 e. The summed E-state index contributed by atoms with van der Waals surface area (Å²) < 4.78 is 2.17. The zero-order chi connectivity index (χ0) is 17.4. The third kappa shape index (κ3) is 2.72. The van der Waals surface area contributed by atoms with E-state index in [-0.39, 0.29) is 0 Å². The number of fused-ring (bicyclic) bond motifs is 1. The summed E-state index contributed by atoms with van der Waals surface area (Å²) in [6.07, 6.45) is 4.05. The first-order valence-corrected chi connectivity index (χ1v) is 8.91. The molecular weight excluding hydrogens is 294 g/mol. The maximum atomic E-state index is 5.06. The van der Waals surface area contributed by atoms with Crippen LogP contribution in [0.3, 0.4) is 0 Å². The zero-order valence-corrected chi connectivity index (χ0v) is 15.6. The molecule has 0 saturated heterocycles. The molecule has 3 heteroatoms. The topological polar surface area (TPSA) is 30.7 Å². The van der Waals surface area contributed by atoms with Gasteiger partial charge in [0, 0.05) is 30.2 Å². The minimum absolute atomic E-state index is 0.446. The quantitative estimate of drug-likeness (QED) is 0.662. The lowest BCUT2D eigenvalue weighted by atomic mass is 9.98. The molecule has 0 fully saturated rings. The third-order valence-corrected chi connectivity index (χ3v) is 4.78. The first-order chi connectivity index (χ1) is 11.5. The molecule has 3 aromatic rings. The number of pyridine rings is 2. The van der Waals surface area contributed by atoms with Crippen LogP contribution in [0.5, 0.6) is 0 Å². The Morgan fingerprint density at radius 3 is 2.46 bits per heavy atom. The summed E-state index contributed by atoms with van der Waals surface area (Å²) in [6.45, 7) is 10.9. The molecule has 3 aromatic heterocycles. The third-order valence-electron chi connectivity index (χ3n) is 4.78. The van der Waals surface area contributed by atoms with Crippen LogP contribution in [0.1, 0.15) is 56.1 Å². The van der Waals surface area contributed by atoms with Gasteiger partial charge in [-0.15, -0.1) is 0 Å². The van der Waals surface area contributed by atoms with E-state index in [0.29, 0.717) is 5.92 Å². The van der Waals surface area contributed by atoms with Crippen LogP contribution >= 0.6 is 0 Å². The molecule has 0 saturated carbocycles. The highest BCUT2D eigenvalue weighted by Gasteiger charge is 2.16. The van der Waals surface area contributed by atoms with Gasteiger partial charge in [-0.3, -0.25) is 4.98 Å². The van der Waals surface area contributed by atoms with E-state index in [4.69, 9.17) is 9.97 Å². The second kappa shape index (κ2) is 6.39. The van der Waals surface area contributed by atoms with Gasteiger partial charge in [0.2, 0.25) is 0 Å². The fraction of sp³-hybridized carbons (Fsp3) is 0.429. The molecule has 0 radical (unpaired) electrons. The lowest BCUT2D eigenvalue weighted by Gasteiger charge is -2.14. The van der Waals surface area contributed by atoms with Crippen LogP contribution in [0, 0.1) is 6.92 Å². The Morgan fingerprint density at radius 2 is 1.83 bits per heavy atom. The maximum Gasteiger partial charge on any atom is 0.0917 e. The predicted molar refractivity (Wildman–Crippen MR) is 102 cm³/mol. The molecule has 0 bridgehead atoms. The molecule has 0 amide bonds. The minimum Gasteiger partial charge on any atom is -0.349 e. The van der Waals surface area contributed by atoms with Gasteiger partial charge in [-0.05, 0) is 55.0 Å². The number of aryl methyl sites for hydroxylation is 4. The molecule has 3 nitrogen and oxygen atoms in total. The Balaban J connectivity index is 2.27. The van der Waals surface area contributed by atoms with Crippen LogP contribution < -0.4 is 0 Å². The lowest BCUT2D eigenvalue weighted by molar-refractivity contribution is 0.807. The molecule has 24 heavy (non-hydrogen) atoms. The highest BCUT2D eigenvalue weighted by atomic mass is 14.9. The predicted octanol–water partition coefficient (Wildman–Crippen LogP) is 5.19. The summed E-state index contributed by atoms with van der Waals surface area (Å²) in [7, 11) is 2.09. The van der Waals surface area contributed by atoms with Crippen molar-refractivity contribution in [2.45, 2.75) is 53.4 Å². The second-order valence-corrected chi connectivity index (χ2v) is 6.88. The van der Waals surface area contributed by atoms with E-state index in [1.165, 1.54) is 22.2 Å². The van der Waals surface area contributed by atoms with Crippen molar-refractivity contribution in [1.29, 1.82) is 0 Å². The molecule has 126 valence electrons. The van der Waals surface area contributed by atoms with Gasteiger partial charge in [0.05, 0.1) is 16.7 Å². The first-order valence-electron chi connectivity index (χ1n) is 8.91. The summed E-state index contributed by atoms with van der Waals surface area (Å²) in [5.41, 5.74) is 9.40. The van der Waals surface area contributed by atoms with E-state index in [9.17, 15) is 0 Å². The average Bonchev–Trinajstić information content (AvgIpc) is 2.86. The summed E-state index contributed by atoms with van der Waals surface area (Å²) in [5, 5.41) is 0. The van der Waals surface area contributed by atoms with Crippen LogP contribution in [0.2, 0.25) is 0 Å². The van der Waals surface area contributed by atoms with Gasteiger partial charge in [-0.25, -0.2) is 4.98 Å². The number of hydrogen-bond acceptors (Lipinski definition) is 2. The van der Waals surface area contributed by atoms with Crippen molar-refractivity contribution in [2.75, 3.05) is 0 Å². The monoisotopic (exact) mass is 321 g/mol. The van der Waals surface area contributed by atoms with Crippen molar-refractivity contribution in [3.05, 3.63) is 46.9 Å². The maximum absolute atomic E-state index is 5.06. The van der Waals surface area contributed by atoms with Crippen LogP contribution in [0.25, 0.3) is 22.3 Å². The molecule has 0 N–H and O–H groups in total. The lowest BCUT2D eigenvalue weighted by Crippen LogP contribution is -2.02. The molecule has 0 unspecified atom stereocenters. The van der Waals surface area contributed by atoms with Crippen LogP contribution in [-0.4, -0.2) is 14.5 Å². The van der Waals surface area contributed by atoms with E-state index in [1.54, 1.807) is 0 Å². The number of aromatic nitrogens is 3. The van der Waals surface area contributed by atoms with Crippen molar-refractivity contribution in [2.24, 2.45) is 7.05 Å². The fourth-order valence-electron chi connectivity index (χ4n) is 3.35. The van der Waals surface area contributed by atoms with Crippen LogP contribution in [0.4, 0.5) is 0 Å². The first kappa shape index (κ1) is 16.7. The average molecular weight is 321 g/mol. The highest BCUT2D eigenvalue weighted by molar-refractivity contribution is 5.84. The summed E-state index contributed by atoms with van der Waals surface area (Å²) >= 11 is 0.